The van der Waals surface area contributed by atoms with Crippen molar-refractivity contribution in [2.75, 3.05) is 6.61 Å². The number of rotatable bonds is 7. The van der Waals surface area contributed by atoms with Gasteiger partial charge in [0.2, 0.25) is 0 Å². The van der Waals surface area contributed by atoms with Gasteiger partial charge in [-0.3, -0.25) is 0 Å². The van der Waals surface area contributed by atoms with E-state index in [9.17, 15) is 5.11 Å². The average Bonchev–Trinajstić information content (AvgIpc) is 3.52. The Kier molecular flexibility index (Phi) is 7.89. The minimum absolute atomic E-state index is 0.00827. The topological polar surface area (TPSA) is 87.9 Å². The Balaban J connectivity index is 1.46. The van der Waals surface area contributed by atoms with Crippen molar-refractivity contribution in [3.8, 4) is 0 Å². The molecule has 0 saturated carbocycles. The fraction of sp³-hybridized carbons (Fsp3) is 0.571. The molecule has 0 amide bonds. The first-order chi connectivity index (χ1) is 18.6. The normalized spacial score (nSPS) is 25.5. The largest absolute Gasteiger partial charge is 0.416 e. The number of ether oxygens (including phenoxy) is 3. The first-order valence-corrected chi connectivity index (χ1v) is 17.0. The predicted octanol–water partition coefficient (Wildman–Crippen LogP) is 6.59. The standard InChI is InChI=1S/C28H36Cl2FN3O5Si/c1-27(2,3)40(6,7)36-13-11-15-16(8-9-18(29)19(15)31)20(35)21-22-23(39-28(4,5)38-22)26(37-21)34-12-10-17-24(30)32-14-33-25(17)34/h8-10,12,14,20-23,26,35H,11,13H2,1-7H3/t20-,21-,22-,23-,26?/m1/s1. The van der Waals surface area contributed by atoms with Crippen LogP contribution in [0.4, 0.5) is 4.39 Å². The fourth-order valence-electron chi connectivity index (χ4n) is 5.17. The van der Waals surface area contributed by atoms with Crippen molar-refractivity contribution in [2.24, 2.45) is 0 Å². The summed E-state index contributed by atoms with van der Waals surface area (Å²) in [5.41, 5.74) is 1.24. The van der Waals surface area contributed by atoms with E-state index >= 15 is 4.39 Å². The number of hydrogen-bond donors (Lipinski definition) is 1. The van der Waals surface area contributed by atoms with E-state index in [-0.39, 0.29) is 16.5 Å². The third-order valence-electron chi connectivity index (χ3n) is 8.28. The Morgan fingerprint density at radius 2 is 1.85 bits per heavy atom. The second kappa shape index (κ2) is 10.6. The second-order valence-corrected chi connectivity index (χ2v) is 18.0. The third kappa shape index (κ3) is 5.33. The van der Waals surface area contributed by atoms with Crippen LogP contribution in [0.5, 0.6) is 0 Å². The summed E-state index contributed by atoms with van der Waals surface area (Å²) in [7, 11) is -2.06. The summed E-state index contributed by atoms with van der Waals surface area (Å²) in [6, 6.07) is 4.89. The van der Waals surface area contributed by atoms with Crippen LogP contribution in [0.2, 0.25) is 28.3 Å². The third-order valence-corrected chi connectivity index (χ3v) is 13.4. The second-order valence-electron chi connectivity index (χ2n) is 12.4. The highest BCUT2D eigenvalue weighted by atomic mass is 35.5. The molecule has 0 spiro atoms. The van der Waals surface area contributed by atoms with Crippen LogP contribution in [0.1, 0.15) is 58.1 Å². The molecule has 0 bridgehead atoms. The van der Waals surface area contributed by atoms with Gasteiger partial charge < -0.3 is 28.3 Å². The smallest absolute Gasteiger partial charge is 0.191 e. The fourth-order valence-corrected chi connectivity index (χ4v) is 6.59. The van der Waals surface area contributed by atoms with E-state index in [0.29, 0.717) is 33.9 Å². The van der Waals surface area contributed by atoms with Gasteiger partial charge in [0.1, 0.15) is 47.4 Å². The van der Waals surface area contributed by atoms with E-state index in [1.165, 1.54) is 12.4 Å². The maximum atomic E-state index is 15.5. The van der Waals surface area contributed by atoms with Crippen LogP contribution < -0.4 is 0 Å². The lowest BCUT2D eigenvalue weighted by Gasteiger charge is -2.36. The van der Waals surface area contributed by atoms with Crippen LogP contribution in [0, 0.1) is 5.82 Å². The lowest BCUT2D eigenvalue weighted by atomic mass is 9.93. The highest BCUT2D eigenvalue weighted by Crippen LogP contribution is 2.48. The van der Waals surface area contributed by atoms with Crippen LogP contribution >= 0.6 is 23.2 Å². The molecule has 12 heteroatoms. The van der Waals surface area contributed by atoms with Gasteiger partial charge in [-0.1, -0.05) is 50.0 Å². The van der Waals surface area contributed by atoms with Crippen molar-refractivity contribution < 1.29 is 28.1 Å². The minimum Gasteiger partial charge on any atom is -0.416 e. The van der Waals surface area contributed by atoms with Crippen molar-refractivity contribution in [3.63, 3.8) is 0 Å². The zero-order chi connectivity index (χ0) is 29.2. The molecule has 1 unspecified atom stereocenters. The summed E-state index contributed by atoms with van der Waals surface area (Å²) in [6.45, 7) is 14.7. The molecule has 2 saturated heterocycles. The van der Waals surface area contributed by atoms with Gasteiger partial charge in [0.15, 0.2) is 20.3 Å². The number of nitrogens with zero attached hydrogens (tertiary/aromatic N) is 3. The van der Waals surface area contributed by atoms with Crippen molar-refractivity contribution in [1.29, 1.82) is 0 Å². The van der Waals surface area contributed by atoms with Crippen molar-refractivity contribution in [1.82, 2.24) is 14.5 Å². The van der Waals surface area contributed by atoms with Gasteiger partial charge in [-0.05, 0) is 61.7 Å². The number of aromatic nitrogens is 3. The van der Waals surface area contributed by atoms with Gasteiger partial charge in [0.25, 0.3) is 0 Å². The van der Waals surface area contributed by atoms with Crippen LogP contribution in [0.25, 0.3) is 11.0 Å². The molecule has 5 rings (SSSR count). The number of aliphatic hydroxyl groups is 1. The lowest BCUT2D eigenvalue weighted by Crippen LogP contribution is -2.41. The van der Waals surface area contributed by atoms with E-state index in [1.54, 1.807) is 22.9 Å². The summed E-state index contributed by atoms with van der Waals surface area (Å²) >= 11 is 12.5. The number of halogens is 3. The summed E-state index contributed by atoms with van der Waals surface area (Å²) in [6.07, 6.45) is -0.571. The van der Waals surface area contributed by atoms with Crippen LogP contribution in [0.15, 0.2) is 30.7 Å². The van der Waals surface area contributed by atoms with E-state index in [2.05, 4.69) is 43.8 Å². The van der Waals surface area contributed by atoms with Gasteiger partial charge >= 0.3 is 0 Å². The van der Waals surface area contributed by atoms with Crippen LogP contribution in [-0.2, 0) is 25.1 Å². The molecule has 2 aliphatic heterocycles. The molecule has 3 aromatic rings. The maximum absolute atomic E-state index is 15.5. The summed E-state index contributed by atoms with van der Waals surface area (Å²) in [4.78, 5) is 8.43. The van der Waals surface area contributed by atoms with Gasteiger partial charge in [-0.15, -0.1) is 0 Å². The Bertz CT molecular complexity index is 1410. The zero-order valence-corrected chi connectivity index (χ0v) is 26.3. The zero-order valence-electron chi connectivity index (χ0n) is 23.7. The van der Waals surface area contributed by atoms with E-state index in [0.717, 1.165) is 0 Å². The van der Waals surface area contributed by atoms with Gasteiger partial charge in [-0.25, -0.2) is 14.4 Å². The van der Waals surface area contributed by atoms with Crippen LogP contribution in [-0.4, -0.2) is 58.7 Å². The molecular weight excluding hydrogens is 576 g/mol. The molecule has 2 aliphatic rings. The molecule has 2 fully saturated rings. The van der Waals surface area contributed by atoms with Crippen molar-refractivity contribution in [2.45, 2.75) is 95.6 Å². The highest BCUT2D eigenvalue weighted by molar-refractivity contribution is 6.74. The molecule has 0 radical (unpaired) electrons. The summed E-state index contributed by atoms with van der Waals surface area (Å²) < 4.78 is 42.5. The minimum atomic E-state index is -2.06. The Labute approximate surface area is 244 Å². The number of benzene rings is 1. The molecule has 5 atom stereocenters. The number of aliphatic hydroxyl groups excluding tert-OH is 1. The molecule has 4 heterocycles. The Morgan fingerprint density at radius 1 is 1.15 bits per heavy atom. The molecule has 40 heavy (non-hydrogen) atoms. The summed E-state index contributed by atoms with van der Waals surface area (Å²) in [5, 5.41) is 12.7. The van der Waals surface area contributed by atoms with Crippen LogP contribution in [0.3, 0.4) is 0 Å². The molecule has 1 aromatic carbocycles. The SMILES string of the molecule is CC1(C)O[C@@H]2[C@@H]([C@H](O)c3ccc(Cl)c(F)c3CCO[Si](C)(C)C(C)(C)C)OC(n3ccc4c(Cl)ncnc43)[C@@H]2O1. The monoisotopic (exact) mass is 611 g/mol. The van der Waals surface area contributed by atoms with E-state index in [4.69, 9.17) is 41.8 Å². The quantitative estimate of drug-likeness (QED) is 0.238. The predicted molar refractivity (Wildman–Crippen MR) is 153 cm³/mol. The maximum Gasteiger partial charge on any atom is 0.191 e. The lowest BCUT2D eigenvalue weighted by molar-refractivity contribution is -0.207. The first kappa shape index (κ1) is 29.8. The average molecular weight is 613 g/mol. The molecule has 218 valence electrons. The molecule has 1 N–H and O–H groups in total. The molecule has 2 aromatic heterocycles. The Morgan fingerprint density at radius 3 is 2.55 bits per heavy atom. The van der Waals surface area contributed by atoms with Crippen molar-refractivity contribution >= 4 is 42.6 Å². The molecular formula is C28H36Cl2FN3O5Si. The summed E-state index contributed by atoms with van der Waals surface area (Å²) in [5.74, 6) is -1.49. The van der Waals surface area contributed by atoms with Crippen molar-refractivity contribution in [3.05, 3.63) is 57.8 Å². The van der Waals surface area contributed by atoms with E-state index in [1.807, 2.05) is 13.8 Å². The van der Waals surface area contributed by atoms with Gasteiger partial charge in [0, 0.05) is 12.8 Å². The Hall–Kier alpha value is -1.63. The first-order valence-electron chi connectivity index (χ1n) is 13.4. The number of fused-ring (bicyclic) bond motifs is 2. The number of hydrogen-bond acceptors (Lipinski definition) is 7. The molecule has 8 nitrogen and oxygen atoms in total. The van der Waals surface area contributed by atoms with E-state index < -0.39 is 50.6 Å². The molecule has 0 aliphatic carbocycles. The van der Waals surface area contributed by atoms with Gasteiger partial charge in [-0.2, -0.15) is 0 Å². The highest BCUT2D eigenvalue weighted by Gasteiger charge is 2.58. The van der Waals surface area contributed by atoms with Gasteiger partial charge in [0.05, 0.1) is 10.4 Å².